The Morgan fingerprint density at radius 1 is 1.20 bits per heavy atom. The maximum Gasteiger partial charge on any atom is 0.260 e. The SMILES string of the molecule is Cc1cccc(C(=O)Nc2nc3ccccc3[nH]2)c1F. The molecule has 1 amide bonds. The van der Waals surface area contributed by atoms with Crippen LogP contribution in [0.5, 0.6) is 0 Å². The molecule has 0 aliphatic carbocycles. The van der Waals surface area contributed by atoms with Gasteiger partial charge in [0, 0.05) is 0 Å². The van der Waals surface area contributed by atoms with E-state index in [1.165, 1.54) is 6.07 Å². The van der Waals surface area contributed by atoms with E-state index in [0.717, 1.165) is 11.0 Å². The average molecular weight is 269 g/mol. The zero-order valence-corrected chi connectivity index (χ0v) is 10.8. The quantitative estimate of drug-likeness (QED) is 0.750. The van der Waals surface area contributed by atoms with Crippen molar-refractivity contribution in [1.82, 2.24) is 9.97 Å². The summed E-state index contributed by atoms with van der Waals surface area (Å²) in [7, 11) is 0. The summed E-state index contributed by atoms with van der Waals surface area (Å²) in [4.78, 5) is 19.2. The first-order valence-corrected chi connectivity index (χ1v) is 6.16. The van der Waals surface area contributed by atoms with Crippen molar-refractivity contribution >= 4 is 22.9 Å². The molecule has 3 aromatic rings. The highest BCUT2D eigenvalue weighted by Gasteiger charge is 2.14. The third-order valence-corrected chi connectivity index (χ3v) is 3.06. The van der Waals surface area contributed by atoms with E-state index in [1.807, 2.05) is 24.3 Å². The second kappa shape index (κ2) is 4.77. The second-order valence-corrected chi connectivity index (χ2v) is 4.49. The number of anilines is 1. The van der Waals surface area contributed by atoms with Gasteiger partial charge in [-0.05, 0) is 30.7 Å². The van der Waals surface area contributed by atoms with E-state index >= 15 is 0 Å². The molecule has 2 aromatic carbocycles. The van der Waals surface area contributed by atoms with Gasteiger partial charge in [0.25, 0.3) is 5.91 Å². The first-order valence-electron chi connectivity index (χ1n) is 6.16. The van der Waals surface area contributed by atoms with Crippen molar-refractivity contribution < 1.29 is 9.18 Å². The van der Waals surface area contributed by atoms with Crippen LogP contribution in [-0.4, -0.2) is 15.9 Å². The zero-order valence-electron chi connectivity index (χ0n) is 10.8. The Bertz CT molecular complexity index is 762. The highest BCUT2D eigenvalue weighted by atomic mass is 19.1. The van der Waals surface area contributed by atoms with Crippen LogP contribution in [0.2, 0.25) is 0 Å². The van der Waals surface area contributed by atoms with Crippen LogP contribution in [0.3, 0.4) is 0 Å². The van der Waals surface area contributed by atoms with Crippen LogP contribution in [-0.2, 0) is 0 Å². The van der Waals surface area contributed by atoms with Crippen LogP contribution >= 0.6 is 0 Å². The second-order valence-electron chi connectivity index (χ2n) is 4.49. The molecule has 0 saturated heterocycles. The van der Waals surface area contributed by atoms with Gasteiger partial charge in [-0.1, -0.05) is 24.3 Å². The number of fused-ring (bicyclic) bond motifs is 1. The number of carbonyl (C=O) groups is 1. The standard InChI is InChI=1S/C15H12FN3O/c1-9-5-4-6-10(13(9)16)14(20)19-15-17-11-7-2-3-8-12(11)18-15/h2-8H,1H3,(H2,17,18,19,20). The molecule has 3 rings (SSSR count). The zero-order chi connectivity index (χ0) is 14.1. The summed E-state index contributed by atoms with van der Waals surface area (Å²) >= 11 is 0. The topological polar surface area (TPSA) is 57.8 Å². The number of carbonyl (C=O) groups excluding carboxylic acids is 1. The normalized spacial score (nSPS) is 10.7. The van der Waals surface area contributed by atoms with Gasteiger partial charge in [-0.25, -0.2) is 9.37 Å². The fourth-order valence-electron chi connectivity index (χ4n) is 2.01. The predicted molar refractivity (Wildman–Crippen MR) is 75.2 cm³/mol. The molecule has 4 nitrogen and oxygen atoms in total. The number of aryl methyl sites for hydroxylation is 1. The van der Waals surface area contributed by atoms with Crippen molar-refractivity contribution in [2.24, 2.45) is 0 Å². The number of nitrogens with one attached hydrogen (secondary N) is 2. The van der Waals surface area contributed by atoms with Gasteiger partial charge in [0.15, 0.2) is 0 Å². The third kappa shape index (κ3) is 2.14. The number of hydrogen-bond donors (Lipinski definition) is 2. The Hall–Kier alpha value is -2.69. The van der Waals surface area contributed by atoms with Crippen LogP contribution in [0.1, 0.15) is 15.9 Å². The fraction of sp³-hybridized carbons (Fsp3) is 0.0667. The first-order chi connectivity index (χ1) is 9.65. The van der Waals surface area contributed by atoms with Crippen molar-refractivity contribution in [3.05, 3.63) is 59.4 Å². The number of amides is 1. The Morgan fingerprint density at radius 3 is 2.80 bits per heavy atom. The molecule has 0 aliphatic rings. The number of nitrogens with zero attached hydrogens (tertiary/aromatic N) is 1. The molecular weight excluding hydrogens is 257 g/mol. The molecular formula is C15H12FN3O. The van der Waals surface area contributed by atoms with Gasteiger partial charge < -0.3 is 4.98 Å². The molecule has 20 heavy (non-hydrogen) atoms. The van der Waals surface area contributed by atoms with Crippen LogP contribution < -0.4 is 5.32 Å². The van der Waals surface area contributed by atoms with Gasteiger partial charge in [0.2, 0.25) is 5.95 Å². The summed E-state index contributed by atoms with van der Waals surface area (Å²) in [6.45, 7) is 1.62. The molecule has 1 aromatic heterocycles. The first kappa shape index (κ1) is 12.3. The van der Waals surface area contributed by atoms with Gasteiger partial charge in [0.1, 0.15) is 5.82 Å². The van der Waals surface area contributed by atoms with E-state index in [9.17, 15) is 9.18 Å². The molecule has 5 heteroatoms. The van der Waals surface area contributed by atoms with E-state index in [2.05, 4.69) is 15.3 Å². The van der Waals surface area contributed by atoms with Crippen molar-refractivity contribution in [3.63, 3.8) is 0 Å². The van der Waals surface area contributed by atoms with Crippen LogP contribution in [0.15, 0.2) is 42.5 Å². The lowest BCUT2D eigenvalue weighted by Crippen LogP contribution is -2.15. The van der Waals surface area contributed by atoms with E-state index in [4.69, 9.17) is 0 Å². The predicted octanol–water partition coefficient (Wildman–Crippen LogP) is 3.26. The monoisotopic (exact) mass is 269 g/mol. The molecule has 1 heterocycles. The molecule has 100 valence electrons. The minimum Gasteiger partial charge on any atom is -0.324 e. The minimum atomic E-state index is -0.523. The smallest absolute Gasteiger partial charge is 0.260 e. The van der Waals surface area contributed by atoms with Crippen molar-refractivity contribution in [2.75, 3.05) is 5.32 Å². The van der Waals surface area contributed by atoms with Crippen LogP contribution in [0.4, 0.5) is 10.3 Å². The van der Waals surface area contributed by atoms with Gasteiger partial charge >= 0.3 is 0 Å². The minimum absolute atomic E-state index is 0.00505. The summed E-state index contributed by atoms with van der Waals surface area (Å²) in [6.07, 6.45) is 0. The number of imidazole rings is 1. The van der Waals surface area contributed by atoms with E-state index < -0.39 is 11.7 Å². The molecule has 0 bridgehead atoms. The molecule has 0 radical (unpaired) electrons. The summed E-state index contributed by atoms with van der Waals surface area (Å²) < 4.78 is 13.9. The van der Waals surface area contributed by atoms with E-state index in [-0.39, 0.29) is 5.56 Å². The van der Waals surface area contributed by atoms with Gasteiger partial charge in [-0.2, -0.15) is 0 Å². The van der Waals surface area contributed by atoms with Crippen molar-refractivity contribution in [1.29, 1.82) is 0 Å². The molecule has 0 saturated carbocycles. The van der Waals surface area contributed by atoms with Gasteiger partial charge in [-0.3, -0.25) is 10.1 Å². The van der Waals surface area contributed by atoms with Gasteiger partial charge in [0.05, 0.1) is 16.6 Å². The average Bonchev–Trinajstić information content (AvgIpc) is 2.83. The Morgan fingerprint density at radius 2 is 2.00 bits per heavy atom. The van der Waals surface area contributed by atoms with Crippen molar-refractivity contribution in [3.8, 4) is 0 Å². The number of benzene rings is 2. The number of H-pyrrole nitrogens is 1. The highest BCUT2D eigenvalue weighted by Crippen LogP contribution is 2.16. The Kier molecular flexibility index (Phi) is 2.95. The molecule has 0 unspecified atom stereocenters. The summed E-state index contributed by atoms with van der Waals surface area (Å²) in [5, 5.41) is 2.57. The van der Waals surface area contributed by atoms with Crippen molar-refractivity contribution in [2.45, 2.75) is 6.92 Å². The lowest BCUT2D eigenvalue weighted by atomic mass is 10.1. The molecule has 0 aliphatic heterocycles. The number of hydrogen-bond acceptors (Lipinski definition) is 2. The Labute approximate surface area is 114 Å². The maximum absolute atomic E-state index is 13.9. The van der Waals surface area contributed by atoms with Crippen LogP contribution in [0, 0.1) is 12.7 Å². The molecule has 2 N–H and O–H groups in total. The number of rotatable bonds is 2. The fourth-order valence-corrected chi connectivity index (χ4v) is 2.01. The lowest BCUT2D eigenvalue weighted by molar-refractivity contribution is 0.102. The number of para-hydroxylation sites is 2. The third-order valence-electron chi connectivity index (χ3n) is 3.06. The van der Waals surface area contributed by atoms with E-state index in [1.54, 1.807) is 19.1 Å². The van der Waals surface area contributed by atoms with Gasteiger partial charge in [-0.15, -0.1) is 0 Å². The van der Waals surface area contributed by atoms with Crippen LogP contribution in [0.25, 0.3) is 11.0 Å². The summed E-state index contributed by atoms with van der Waals surface area (Å²) in [6, 6.07) is 12.1. The molecule has 0 fully saturated rings. The Balaban J connectivity index is 1.90. The molecule has 0 atom stereocenters. The number of halogens is 1. The largest absolute Gasteiger partial charge is 0.324 e. The van der Waals surface area contributed by atoms with E-state index in [0.29, 0.717) is 11.5 Å². The highest BCUT2D eigenvalue weighted by molar-refractivity contribution is 6.04. The number of aromatic amines is 1. The molecule has 0 spiro atoms. The number of aromatic nitrogens is 2. The lowest BCUT2D eigenvalue weighted by Gasteiger charge is -2.04. The summed E-state index contributed by atoms with van der Waals surface area (Å²) in [5.41, 5.74) is 1.99. The summed E-state index contributed by atoms with van der Waals surface area (Å²) in [5.74, 6) is -0.733. The maximum atomic E-state index is 13.9.